The molecule has 0 aliphatic heterocycles. The lowest BCUT2D eigenvalue weighted by Gasteiger charge is -2.37. The number of nitrogens with one attached hydrogen (secondary N) is 1. The lowest BCUT2D eigenvalue weighted by atomic mass is 9.76. The highest BCUT2D eigenvalue weighted by molar-refractivity contribution is 5.49. The summed E-state index contributed by atoms with van der Waals surface area (Å²) in [5.41, 5.74) is 3.43. The second-order valence-electron chi connectivity index (χ2n) is 5.26. The third-order valence-corrected chi connectivity index (χ3v) is 3.86. The maximum absolute atomic E-state index is 13.2. The van der Waals surface area contributed by atoms with Crippen molar-refractivity contribution < 1.29 is 4.39 Å². The lowest BCUT2D eigenvalue weighted by molar-refractivity contribution is 0.373. The summed E-state index contributed by atoms with van der Waals surface area (Å²) >= 11 is 0. The number of hydrogen-bond donors (Lipinski definition) is 1. The van der Waals surface area contributed by atoms with Crippen LogP contribution < -0.4 is 5.32 Å². The normalized spacial score (nSPS) is 21.8. The van der Waals surface area contributed by atoms with E-state index in [1.165, 1.54) is 11.6 Å². The van der Waals surface area contributed by atoms with Crippen LogP contribution >= 0.6 is 0 Å². The summed E-state index contributed by atoms with van der Waals surface area (Å²) in [6.07, 6.45) is 5.78. The van der Waals surface area contributed by atoms with Crippen LogP contribution in [0.1, 0.15) is 29.9 Å². The third kappa shape index (κ3) is 2.60. The van der Waals surface area contributed by atoms with Crippen LogP contribution in [0.15, 0.2) is 42.7 Å². The molecule has 1 N–H and O–H groups in total. The third-order valence-electron chi connectivity index (χ3n) is 3.86. The van der Waals surface area contributed by atoms with Crippen molar-refractivity contribution >= 4 is 5.69 Å². The highest BCUT2D eigenvalue weighted by Gasteiger charge is 2.30. The van der Waals surface area contributed by atoms with Crippen LogP contribution in [0.2, 0.25) is 0 Å². The summed E-state index contributed by atoms with van der Waals surface area (Å²) in [5, 5.41) is 3.50. The first-order valence-corrected chi connectivity index (χ1v) is 6.65. The average molecular weight is 256 g/mol. The van der Waals surface area contributed by atoms with E-state index in [-0.39, 0.29) is 5.82 Å². The van der Waals surface area contributed by atoms with Crippen LogP contribution in [0, 0.1) is 12.7 Å². The Morgan fingerprint density at radius 2 is 2.11 bits per heavy atom. The smallest absolute Gasteiger partial charge is 0.123 e. The van der Waals surface area contributed by atoms with E-state index in [1.54, 1.807) is 18.3 Å². The highest BCUT2D eigenvalue weighted by Crippen LogP contribution is 2.38. The molecule has 1 aromatic carbocycles. The number of pyridine rings is 1. The van der Waals surface area contributed by atoms with E-state index >= 15 is 0 Å². The predicted octanol–water partition coefficient (Wildman–Crippen LogP) is 3.89. The minimum Gasteiger partial charge on any atom is -0.381 e. The zero-order chi connectivity index (χ0) is 13.2. The molecule has 3 heteroatoms. The molecule has 0 spiro atoms. The number of benzene rings is 1. The summed E-state index contributed by atoms with van der Waals surface area (Å²) in [4.78, 5) is 4.13. The van der Waals surface area contributed by atoms with Gasteiger partial charge in [0.05, 0.1) is 11.9 Å². The lowest BCUT2D eigenvalue weighted by Crippen LogP contribution is -2.34. The van der Waals surface area contributed by atoms with Gasteiger partial charge in [0.15, 0.2) is 0 Å². The second-order valence-corrected chi connectivity index (χ2v) is 5.26. The van der Waals surface area contributed by atoms with Crippen molar-refractivity contribution in [1.82, 2.24) is 4.98 Å². The van der Waals surface area contributed by atoms with Gasteiger partial charge < -0.3 is 5.32 Å². The Morgan fingerprint density at radius 1 is 1.26 bits per heavy atom. The molecule has 1 heterocycles. The first-order valence-electron chi connectivity index (χ1n) is 6.65. The van der Waals surface area contributed by atoms with Crippen molar-refractivity contribution in [1.29, 1.82) is 0 Å². The van der Waals surface area contributed by atoms with E-state index in [0.29, 0.717) is 12.0 Å². The average Bonchev–Trinajstić information content (AvgIpc) is 2.35. The zero-order valence-corrected chi connectivity index (χ0v) is 10.9. The maximum atomic E-state index is 13.2. The molecule has 0 amide bonds. The molecule has 3 rings (SSSR count). The number of anilines is 1. The minimum absolute atomic E-state index is 0.142. The van der Waals surface area contributed by atoms with Crippen LogP contribution in [-0.4, -0.2) is 11.0 Å². The number of rotatable bonds is 3. The van der Waals surface area contributed by atoms with E-state index in [9.17, 15) is 4.39 Å². The summed E-state index contributed by atoms with van der Waals surface area (Å²) < 4.78 is 13.2. The summed E-state index contributed by atoms with van der Waals surface area (Å²) in [6, 6.07) is 9.42. The Bertz CT molecular complexity index is 576. The van der Waals surface area contributed by atoms with Crippen LogP contribution in [-0.2, 0) is 0 Å². The first-order chi connectivity index (χ1) is 9.22. The molecule has 1 aliphatic rings. The molecule has 19 heavy (non-hydrogen) atoms. The van der Waals surface area contributed by atoms with Crippen LogP contribution in [0.5, 0.6) is 0 Å². The van der Waals surface area contributed by atoms with Crippen LogP contribution in [0.25, 0.3) is 0 Å². The fourth-order valence-electron chi connectivity index (χ4n) is 2.60. The van der Waals surface area contributed by atoms with E-state index in [4.69, 9.17) is 0 Å². The molecule has 0 saturated heterocycles. The molecule has 0 bridgehead atoms. The van der Waals surface area contributed by atoms with Crippen molar-refractivity contribution in [2.45, 2.75) is 31.7 Å². The van der Waals surface area contributed by atoms with Gasteiger partial charge in [-0.1, -0.05) is 12.1 Å². The molecule has 98 valence electrons. The van der Waals surface area contributed by atoms with Crippen molar-refractivity contribution in [3.05, 3.63) is 59.7 Å². The molecular weight excluding hydrogens is 239 g/mol. The molecule has 1 aromatic heterocycles. The number of hydrogen-bond acceptors (Lipinski definition) is 2. The van der Waals surface area contributed by atoms with Gasteiger partial charge in [0.25, 0.3) is 0 Å². The number of aryl methyl sites for hydroxylation is 1. The monoisotopic (exact) mass is 256 g/mol. The molecule has 1 saturated carbocycles. The van der Waals surface area contributed by atoms with Crippen molar-refractivity contribution in [3.63, 3.8) is 0 Å². The van der Waals surface area contributed by atoms with Gasteiger partial charge >= 0.3 is 0 Å². The van der Waals surface area contributed by atoms with Crippen molar-refractivity contribution in [2.75, 3.05) is 5.32 Å². The quantitative estimate of drug-likeness (QED) is 0.901. The molecule has 0 atom stereocenters. The number of nitrogens with zero attached hydrogens (tertiary/aromatic N) is 1. The van der Waals surface area contributed by atoms with Gasteiger partial charge in [-0.15, -0.1) is 0 Å². The van der Waals surface area contributed by atoms with Crippen LogP contribution in [0.3, 0.4) is 0 Å². The fraction of sp³-hybridized carbons (Fsp3) is 0.312. The topological polar surface area (TPSA) is 24.9 Å². The number of aromatic nitrogens is 1. The van der Waals surface area contributed by atoms with E-state index in [2.05, 4.69) is 17.2 Å². The first kappa shape index (κ1) is 12.2. The molecular formula is C16H17FN2. The predicted molar refractivity (Wildman–Crippen MR) is 74.8 cm³/mol. The zero-order valence-electron chi connectivity index (χ0n) is 10.9. The Labute approximate surface area is 112 Å². The van der Waals surface area contributed by atoms with Crippen molar-refractivity contribution in [3.8, 4) is 0 Å². The summed E-state index contributed by atoms with van der Waals surface area (Å²) in [5.74, 6) is 0.335. The van der Waals surface area contributed by atoms with E-state index < -0.39 is 0 Å². The molecule has 2 nitrogen and oxygen atoms in total. The Kier molecular flexibility index (Phi) is 3.20. The van der Waals surface area contributed by atoms with E-state index in [0.717, 1.165) is 24.1 Å². The molecule has 0 unspecified atom stereocenters. The van der Waals surface area contributed by atoms with Gasteiger partial charge in [0, 0.05) is 12.2 Å². The van der Waals surface area contributed by atoms with Gasteiger partial charge in [0.1, 0.15) is 5.82 Å². The SMILES string of the molecule is Cc1ccncc1NC1CC(c2cccc(F)c2)C1. The highest BCUT2D eigenvalue weighted by atomic mass is 19.1. The van der Waals surface area contributed by atoms with Gasteiger partial charge in [-0.3, -0.25) is 4.98 Å². The van der Waals surface area contributed by atoms with Gasteiger partial charge in [-0.05, 0) is 55.0 Å². The van der Waals surface area contributed by atoms with Gasteiger partial charge in [0.2, 0.25) is 0 Å². The van der Waals surface area contributed by atoms with Crippen molar-refractivity contribution in [2.24, 2.45) is 0 Å². The Balaban J connectivity index is 1.60. The minimum atomic E-state index is -0.142. The van der Waals surface area contributed by atoms with Crippen LogP contribution in [0.4, 0.5) is 10.1 Å². The largest absolute Gasteiger partial charge is 0.381 e. The second kappa shape index (κ2) is 5.00. The van der Waals surface area contributed by atoms with E-state index in [1.807, 2.05) is 18.3 Å². The number of halogens is 1. The summed E-state index contributed by atoms with van der Waals surface area (Å²) in [7, 11) is 0. The van der Waals surface area contributed by atoms with Gasteiger partial charge in [-0.25, -0.2) is 4.39 Å². The fourth-order valence-corrected chi connectivity index (χ4v) is 2.60. The standard InChI is InChI=1S/C16H17FN2/c1-11-5-6-18-10-16(11)19-15-8-13(9-15)12-3-2-4-14(17)7-12/h2-7,10,13,15,19H,8-9H2,1H3. The Morgan fingerprint density at radius 3 is 2.84 bits per heavy atom. The maximum Gasteiger partial charge on any atom is 0.123 e. The molecule has 1 aliphatic carbocycles. The summed E-state index contributed by atoms with van der Waals surface area (Å²) in [6.45, 7) is 2.08. The van der Waals surface area contributed by atoms with Gasteiger partial charge in [-0.2, -0.15) is 0 Å². The Hall–Kier alpha value is -1.90. The molecule has 0 radical (unpaired) electrons. The molecule has 2 aromatic rings. The molecule has 1 fully saturated rings.